The second kappa shape index (κ2) is 9.40. The molecule has 2 heterocycles. The van der Waals surface area contributed by atoms with Gasteiger partial charge in [0.1, 0.15) is 0 Å². The second-order valence-corrected chi connectivity index (χ2v) is 6.44. The number of nitrogens with zero attached hydrogens (tertiary/aromatic N) is 2. The minimum absolute atomic E-state index is 0.00587. The molecule has 2 aliphatic rings. The van der Waals surface area contributed by atoms with Crippen molar-refractivity contribution in [2.45, 2.75) is 58.5 Å². The summed E-state index contributed by atoms with van der Waals surface area (Å²) in [5, 5.41) is 0.911. The molecule has 2 fully saturated rings. The van der Waals surface area contributed by atoms with Crippen molar-refractivity contribution >= 4 is 35.6 Å². The number of hydroxylamine groups is 4. The van der Waals surface area contributed by atoms with Gasteiger partial charge in [-0.15, -0.1) is 10.1 Å². The fraction of sp³-hybridized carbons (Fsp3) is 0.647. The van der Waals surface area contributed by atoms with E-state index in [1.54, 1.807) is 6.92 Å². The van der Waals surface area contributed by atoms with Crippen LogP contribution in [0.15, 0.2) is 0 Å². The first kappa shape index (κ1) is 21.5. The number of carbonyl (C=O) groups excluding carboxylic acids is 6. The van der Waals surface area contributed by atoms with Crippen LogP contribution in [0.5, 0.6) is 0 Å². The minimum atomic E-state index is -1.02. The van der Waals surface area contributed by atoms with E-state index in [0.717, 1.165) is 0 Å². The third-order valence-corrected chi connectivity index (χ3v) is 4.28. The Bertz CT molecular complexity index is 658. The van der Waals surface area contributed by atoms with E-state index in [9.17, 15) is 28.8 Å². The molecule has 0 N–H and O–H groups in total. The highest BCUT2D eigenvalue weighted by Crippen LogP contribution is 2.17. The summed E-state index contributed by atoms with van der Waals surface area (Å²) in [5.74, 6) is -4.66. The predicted molar refractivity (Wildman–Crippen MR) is 88.2 cm³/mol. The summed E-state index contributed by atoms with van der Waals surface area (Å²) < 4.78 is 5.39. The molecule has 0 saturated carbocycles. The molecule has 11 nitrogen and oxygen atoms in total. The Balaban J connectivity index is 1.76. The van der Waals surface area contributed by atoms with Crippen LogP contribution in [0.25, 0.3) is 0 Å². The van der Waals surface area contributed by atoms with Crippen molar-refractivity contribution in [3.05, 3.63) is 0 Å². The van der Waals surface area contributed by atoms with Gasteiger partial charge in [-0.25, -0.2) is 9.59 Å². The van der Waals surface area contributed by atoms with Gasteiger partial charge in [-0.2, -0.15) is 0 Å². The summed E-state index contributed by atoms with van der Waals surface area (Å²) in [5.41, 5.74) is 0. The lowest BCUT2D eigenvalue weighted by Crippen LogP contribution is -2.37. The fourth-order valence-corrected chi connectivity index (χ4v) is 2.50. The zero-order valence-electron chi connectivity index (χ0n) is 15.7. The molecule has 0 aromatic heterocycles. The summed E-state index contributed by atoms with van der Waals surface area (Å²) in [6.07, 6.45) is -0.647. The van der Waals surface area contributed by atoms with Gasteiger partial charge in [0.25, 0.3) is 23.6 Å². The molecule has 2 aliphatic heterocycles. The van der Waals surface area contributed by atoms with Crippen LogP contribution in [0, 0.1) is 5.92 Å². The van der Waals surface area contributed by atoms with Crippen molar-refractivity contribution in [2.24, 2.45) is 5.92 Å². The predicted octanol–water partition coefficient (Wildman–Crippen LogP) is 0.0222. The lowest BCUT2D eigenvalue weighted by atomic mass is 10.1. The normalized spacial score (nSPS) is 19.2. The molecule has 2 rings (SSSR count). The first-order valence-corrected chi connectivity index (χ1v) is 9.01. The van der Waals surface area contributed by atoms with Crippen molar-refractivity contribution in [3.63, 3.8) is 0 Å². The topological polar surface area (TPSA) is 137 Å². The number of imide groups is 2. The fourth-order valence-electron chi connectivity index (χ4n) is 2.50. The zero-order valence-corrected chi connectivity index (χ0v) is 15.7. The smallest absolute Gasteiger partial charge is 0.361 e. The summed E-state index contributed by atoms with van der Waals surface area (Å²) in [4.78, 5) is 79.5. The maximum absolute atomic E-state index is 12.1. The van der Waals surface area contributed by atoms with Crippen LogP contribution in [0.3, 0.4) is 0 Å². The number of rotatable bonds is 9. The maximum Gasteiger partial charge on any atom is 0.361 e. The third-order valence-electron chi connectivity index (χ3n) is 4.28. The molecule has 0 aliphatic carbocycles. The van der Waals surface area contributed by atoms with E-state index >= 15 is 0 Å². The van der Waals surface area contributed by atoms with Gasteiger partial charge in [0.05, 0.1) is 5.92 Å². The van der Waals surface area contributed by atoms with Crippen LogP contribution in [0.4, 0.5) is 0 Å². The summed E-state index contributed by atoms with van der Waals surface area (Å²) in [6, 6.07) is 0. The molecule has 11 heteroatoms. The lowest BCUT2D eigenvalue weighted by molar-refractivity contribution is -0.206. The van der Waals surface area contributed by atoms with Gasteiger partial charge in [-0.05, 0) is 12.8 Å². The van der Waals surface area contributed by atoms with Crippen LogP contribution < -0.4 is 0 Å². The van der Waals surface area contributed by atoms with E-state index in [0.29, 0.717) is 10.1 Å². The van der Waals surface area contributed by atoms with E-state index in [2.05, 4.69) is 0 Å². The SMILES string of the molecule is CCC(OCCC(C)C(=O)ON1C(=O)CCC1=O)C(=O)ON1C(=O)CCC1=O. The van der Waals surface area contributed by atoms with Crippen LogP contribution >= 0.6 is 0 Å². The molecule has 154 valence electrons. The standard InChI is InChI=1S/C17H22N2O9/c1-3-11(17(25)28-19-14(22)6-7-15(19)23)26-9-8-10(2)16(24)27-18-12(20)4-5-13(18)21/h10-11H,3-9H2,1-2H3. The highest BCUT2D eigenvalue weighted by atomic mass is 16.7. The van der Waals surface area contributed by atoms with E-state index in [-0.39, 0.29) is 45.1 Å². The molecule has 0 aromatic carbocycles. The summed E-state index contributed by atoms with van der Waals surface area (Å²) in [7, 11) is 0. The van der Waals surface area contributed by atoms with E-state index in [1.807, 2.05) is 0 Å². The zero-order chi connectivity index (χ0) is 20.8. The Labute approximate surface area is 160 Å². The van der Waals surface area contributed by atoms with E-state index in [4.69, 9.17) is 14.4 Å². The molecule has 2 unspecified atom stereocenters. The quantitative estimate of drug-likeness (QED) is 0.492. The summed E-state index contributed by atoms with van der Waals surface area (Å²) in [6.45, 7) is 3.16. The molecule has 0 aromatic rings. The molecule has 2 atom stereocenters. The van der Waals surface area contributed by atoms with Crippen LogP contribution in [0.2, 0.25) is 0 Å². The lowest BCUT2D eigenvalue weighted by Gasteiger charge is -2.19. The van der Waals surface area contributed by atoms with Gasteiger partial charge in [0, 0.05) is 32.3 Å². The largest absolute Gasteiger partial charge is 0.366 e. The average molecular weight is 398 g/mol. The number of ether oxygens (including phenoxy) is 1. The van der Waals surface area contributed by atoms with Crippen molar-refractivity contribution in [2.75, 3.05) is 6.61 Å². The molecule has 28 heavy (non-hydrogen) atoms. The van der Waals surface area contributed by atoms with Crippen molar-refractivity contribution < 1.29 is 43.2 Å². The number of amides is 4. The number of hydrogen-bond donors (Lipinski definition) is 0. The van der Waals surface area contributed by atoms with Gasteiger partial charge < -0.3 is 14.4 Å². The van der Waals surface area contributed by atoms with Gasteiger partial charge in [0.2, 0.25) is 0 Å². The Hall–Kier alpha value is -2.82. The summed E-state index contributed by atoms with van der Waals surface area (Å²) >= 11 is 0. The maximum atomic E-state index is 12.1. The minimum Gasteiger partial charge on any atom is -0.366 e. The van der Waals surface area contributed by atoms with Gasteiger partial charge >= 0.3 is 11.9 Å². The Morgan fingerprint density at radius 1 is 0.857 bits per heavy atom. The molecule has 0 bridgehead atoms. The highest BCUT2D eigenvalue weighted by molar-refractivity contribution is 6.02. The molecule has 0 spiro atoms. The van der Waals surface area contributed by atoms with Crippen LogP contribution in [-0.2, 0) is 43.2 Å². The Morgan fingerprint density at radius 3 is 1.71 bits per heavy atom. The van der Waals surface area contributed by atoms with Crippen molar-refractivity contribution in [1.82, 2.24) is 10.1 Å². The van der Waals surface area contributed by atoms with Crippen molar-refractivity contribution in [1.29, 1.82) is 0 Å². The molecule has 0 radical (unpaired) electrons. The first-order valence-electron chi connectivity index (χ1n) is 9.01. The molecule has 4 amide bonds. The monoisotopic (exact) mass is 398 g/mol. The molecule has 2 saturated heterocycles. The average Bonchev–Trinajstić information content (AvgIpc) is 3.14. The van der Waals surface area contributed by atoms with Crippen molar-refractivity contribution in [3.8, 4) is 0 Å². The highest BCUT2D eigenvalue weighted by Gasteiger charge is 2.36. The number of carbonyl (C=O) groups is 6. The molecular weight excluding hydrogens is 376 g/mol. The van der Waals surface area contributed by atoms with Gasteiger partial charge in [-0.1, -0.05) is 13.8 Å². The van der Waals surface area contributed by atoms with Gasteiger partial charge in [0.15, 0.2) is 6.10 Å². The second-order valence-electron chi connectivity index (χ2n) is 6.44. The van der Waals surface area contributed by atoms with Crippen LogP contribution in [0.1, 0.15) is 52.4 Å². The third kappa shape index (κ3) is 5.12. The Morgan fingerprint density at radius 2 is 1.29 bits per heavy atom. The van der Waals surface area contributed by atoms with Crippen LogP contribution in [-0.4, -0.2) is 58.4 Å². The Kier molecular flexibility index (Phi) is 7.21. The van der Waals surface area contributed by atoms with E-state index in [1.165, 1.54) is 6.92 Å². The van der Waals surface area contributed by atoms with Gasteiger partial charge in [-0.3, -0.25) is 19.2 Å². The molecular formula is C17H22N2O9. The van der Waals surface area contributed by atoms with E-state index < -0.39 is 47.6 Å². The first-order chi connectivity index (χ1) is 13.2. The number of hydrogen-bond acceptors (Lipinski definition) is 9.